The second kappa shape index (κ2) is 8.87. The lowest BCUT2D eigenvalue weighted by molar-refractivity contribution is -0.120. The molecule has 2 amide bonds. The Morgan fingerprint density at radius 1 is 1.04 bits per heavy atom. The van der Waals surface area contributed by atoms with Gasteiger partial charge in [0.1, 0.15) is 18.4 Å². The number of nitrogens with one attached hydrogen (secondary N) is 1. The Morgan fingerprint density at radius 2 is 1.68 bits per heavy atom. The molecule has 2 aromatic carbocycles. The quantitative estimate of drug-likeness (QED) is 0.775. The van der Waals surface area contributed by atoms with Gasteiger partial charge in [0.15, 0.2) is 0 Å². The molecule has 2 aromatic rings. The zero-order valence-corrected chi connectivity index (χ0v) is 14.6. The first kappa shape index (κ1) is 18.5. The van der Waals surface area contributed by atoms with Crippen LogP contribution >= 0.6 is 0 Å². The van der Waals surface area contributed by atoms with Gasteiger partial charge in [0.25, 0.3) is 5.91 Å². The lowest BCUT2D eigenvalue weighted by atomic mass is 10.0. The highest BCUT2D eigenvalue weighted by atomic mass is 16.5. The first-order chi connectivity index (χ1) is 12.0. The number of rotatable bonds is 8. The zero-order chi connectivity index (χ0) is 18.2. The molecule has 1 atom stereocenters. The summed E-state index contributed by atoms with van der Waals surface area (Å²) in [6, 6.07) is 16.0. The highest BCUT2D eigenvalue weighted by Crippen LogP contribution is 2.15. The topological polar surface area (TPSA) is 81.4 Å². The third kappa shape index (κ3) is 5.95. The van der Waals surface area contributed by atoms with Gasteiger partial charge in [0.2, 0.25) is 5.91 Å². The van der Waals surface area contributed by atoms with E-state index in [-0.39, 0.29) is 11.8 Å². The van der Waals surface area contributed by atoms with E-state index in [2.05, 4.69) is 5.32 Å². The summed E-state index contributed by atoms with van der Waals surface area (Å²) in [6.07, 6.45) is 0.513. The van der Waals surface area contributed by atoms with Crippen molar-refractivity contribution in [2.75, 3.05) is 0 Å². The maximum Gasteiger partial charge on any atom is 0.251 e. The summed E-state index contributed by atoms with van der Waals surface area (Å²) in [5.41, 5.74) is 6.89. The highest BCUT2D eigenvalue weighted by Gasteiger charge is 2.20. The summed E-state index contributed by atoms with van der Waals surface area (Å²) in [5, 5.41) is 2.69. The molecular weight excluding hydrogens is 316 g/mol. The number of hydrogen-bond donors (Lipinski definition) is 2. The normalized spacial score (nSPS) is 11.8. The fourth-order valence-corrected chi connectivity index (χ4v) is 2.40. The van der Waals surface area contributed by atoms with E-state index in [0.29, 0.717) is 24.3 Å². The van der Waals surface area contributed by atoms with E-state index in [1.54, 1.807) is 24.3 Å². The van der Waals surface area contributed by atoms with Crippen molar-refractivity contribution in [2.45, 2.75) is 32.9 Å². The van der Waals surface area contributed by atoms with Crippen molar-refractivity contribution >= 4 is 11.8 Å². The molecule has 0 heterocycles. The fourth-order valence-electron chi connectivity index (χ4n) is 2.40. The minimum Gasteiger partial charge on any atom is -0.489 e. The van der Waals surface area contributed by atoms with E-state index in [4.69, 9.17) is 10.5 Å². The van der Waals surface area contributed by atoms with Crippen LogP contribution in [0.2, 0.25) is 0 Å². The number of amides is 2. The van der Waals surface area contributed by atoms with Crippen molar-refractivity contribution in [2.24, 2.45) is 11.7 Å². The van der Waals surface area contributed by atoms with Crippen molar-refractivity contribution in [1.82, 2.24) is 5.32 Å². The molecule has 0 bridgehead atoms. The van der Waals surface area contributed by atoms with Gasteiger partial charge in [-0.15, -0.1) is 0 Å². The number of nitrogens with two attached hydrogens (primary N) is 1. The van der Waals surface area contributed by atoms with Crippen molar-refractivity contribution in [3.63, 3.8) is 0 Å². The fraction of sp³-hybridized carbons (Fsp3) is 0.300. The number of hydrogen-bond acceptors (Lipinski definition) is 3. The molecule has 0 aliphatic heterocycles. The Kier molecular flexibility index (Phi) is 6.57. The van der Waals surface area contributed by atoms with Gasteiger partial charge in [-0.25, -0.2) is 0 Å². The van der Waals surface area contributed by atoms with Crippen LogP contribution in [0.3, 0.4) is 0 Å². The van der Waals surface area contributed by atoms with Crippen LogP contribution in [-0.2, 0) is 11.4 Å². The molecule has 0 saturated heterocycles. The van der Waals surface area contributed by atoms with Crippen LogP contribution in [0.5, 0.6) is 5.75 Å². The van der Waals surface area contributed by atoms with Crippen molar-refractivity contribution < 1.29 is 14.3 Å². The van der Waals surface area contributed by atoms with Gasteiger partial charge in [-0.05, 0) is 42.2 Å². The van der Waals surface area contributed by atoms with Gasteiger partial charge in [-0.2, -0.15) is 0 Å². The Bertz CT molecular complexity index is 697. The Morgan fingerprint density at radius 3 is 2.24 bits per heavy atom. The summed E-state index contributed by atoms with van der Waals surface area (Å²) in [6.45, 7) is 4.41. The maximum absolute atomic E-state index is 12.3. The maximum atomic E-state index is 12.3. The molecule has 132 valence electrons. The molecule has 1 unspecified atom stereocenters. The second-order valence-electron chi connectivity index (χ2n) is 6.36. The smallest absolute Gasteiger partial charge is 0.251 e. The first-order valence-corrected chi connectivity index (χ1v) is 8.32. The molecule has 25 heavy (non-hydrogen) atoms. The van der Waals surface area contributed by atoms with Crippen molar-refractivity contribution in [1.29, 1.82) is 0 Å². The van der Waals surface area contributed by atoms with Crippen molar-refractivity contribution in [3.05, 3.63) is 65.7 Å². The molecule has 0 saturated carbocycles. The van der Waals surface area contributed by atoms with Gasteiger partial charge in [0, 0.05) is 5.56 Å². The number of carbonyl (C=O) groups excluding carboxylic acids is 2. The zero-order valence-electron chi connectivity index (χ0n) is 14.6. The molecule has 0 aliphatic carbocycles. The average Bonchev–Trinajstić information content (AvgIpc) is 2.60. The number of benzene rings is 2. The van der Waals surface area contributed by atoms with Crippen molar-refractivity contribution in [3.8, 4) is 5.75 Å². The van der Waals surface area contributed by atoms with E-state index in [1.807, 2.05) is 44.2 Å². The molecular formula is C20H24N2O3. The molecule has 5 nitrogen and oxygen atoms in total. The first-order valence-electron chi connectivity index (χ1n) is 8.32. The Labute approximate surface area is 148 Å². The standard InChI is InChI=1S/C20H24N2O3/c1-14(2)12-18(19(21)23)22-20(24)16-8-10-17(11-9-16)25-13-15-6-4-3-5-7-15/h3-11,14,18H,12-13H2,1-2H3,(H2,21,23)(H,22,24). The third-order valence-electron chi connectivity index (χ3n) is 3.72. The molecule has 0 aliphatic rings. The summed E-state index contributed by atoms with van der Waals surface area (Å²) >= 11 is 0. The van der Waals surface area contributed by atoms with E-state index in [1.165, 1.54) is 0 Å². The van der Waals surface area contributed by atoms with Crippen LogP contribution < -0.4 is 15.8 Å². The summed E-state index contributed by atoms with van der Waals surface area (Å²) in [4.78, 5) is 23.7. The highest BCUT2D eigenvalue weighted by molar-refractivity contribution is 5.97. The SMILES string of the molecule is CC(C)CC(NC(=O)c1ccc(OCc2ccccc2)cc1)C(N)=O. The Hall–Kier alpha value is -2.82. The monoisotopic (exact) mass is 340 g/mol. The number of primary amides is 1. The van der Waals surface area contributed by atoms with Crippen LogP contribution in [0, 0.1) is 5.92 Å². The molecule has 0 fully saturated rings. The molecule has 0 radical (unpaired) electrons. The predicted octanol–water partition coefficient (Wildman–Crippen LogP) is 2.90. The van der Waals surface area contributed by atoms with Crippen LogP contribution in [0.4, 0.5) is 0 Å². The summed E-state index contributed by atoms with van der Waals surface area (Å²) < 4.78 is 5.69. The minimum absolute atomic E-state index is 0.256. The van der Waals surface area contributed by atoms with Gasteiger partial charge in [0.05, 0.1) is 0 Å². The summed E-state index contributed by atoms with van der Waals surface area (Å²) in [5.74, 6) is 0.0875. The van der Waals surface area contributed by atoms with E-state index in [9.17, 15) is 9.59 Å². The van der Waals surface area contributed by atoms with Gasteiger partial charge in [-0.3, -0.25) is 9.59 Å². The lowest BCUT2D eigenvalue weighted by Gasteiger charge is -2.17. The van der Waals surface area contributed by atoms with Crippen LogP contribution in [0.1, 0.15) is 36.2 Å². The van der Waals surface area contributed by atoms with Crippen LogP contribution in [-0.4, -0.2) is 17.9 Å². The van der Waals surface area contributed by atoms with Gasteiger partial charge in [-0.1, -0.05) is 44.2 Å². The van der Waals surface area contributed by atoms with E-state index < -0.39 is 11.9 Å². The van der Waals surface area contributed by atoms with Gasteiger partial charge >= 0.3 is 0 Å². The third-order valence-corrected chi connectivity index (χ3v) is 3.72. The van der Waals surface area contributed by atoms with E-state index in [0.717, 1.165) is 5.56 Å². The summed E-state index contributed by atoms with van der Waals surface area (Å²) in [7, 11) is 0. The molecule has 3 N–H and O–H groups in total. The molecule has 2 rings (SSSR count). The molecule has 5 heteroatoms. The Balaban J connectivity index is 1.94. The predicted molar refractivity (Wildman–Crippen MR) is 97.1 cm³/mol. The van der Waals surface area contributed by atoms with Gasteiger partial charge < -0.3 is 15.8 Å². The lowest BCUT2D eigenvalue weighted by Crippen LogP contribution is -2.45. The van der Waals surface area contributed by atoms with E-state index >= 15 is 0 Å². The van der Waals surface area contributed by atoms with Crippen LogP contribution in [0.15, 0.2) is 54.6 Å². The molecule has 0 aromatic heterocycles. The van der Waals surface area contributed by atoms with Crippen LogP contribution in [0.25, 0.3) is 0 Å². The number of carbonyl (C=O) groups is 2. The minimum atomic E-state index is -0.665. The largest absolute Gasteiger partial charge is 0.489 e. The molecule has 0 spiro atoms. The number of ether oxygens (including phenoxy) is 1. The average molecular weight is 340 g/mol. The second-order valence-corrected chi connectivity index (χ2v) is 6.36.